The van der Waals surface area contributed by atoms with E-state index >= 15 is 0 Å². The van der Waals surface area contributed by atoms with E-state index in [1.807, 2.05) is 37.3 Å². The number of nitrogens with zero attached hydrogens (tertiary/aromatic N) is 2. The highest BCUT2D eigenvalue weighted by atomic mass is 32.2. The molecule has 5 nitrogen and oxygen atoms in total. The summed E-state index contributed by atoms with van der Waals surface area (Å²) >= 11 is 0. The van der Waals surface area contributed by atoms with E-state index in [0.29, 0.717) is 12.4 Å². The van der Waals surface area contributed by atoms with Crippen LogP contribution in [0.4, 0.5) is 5.82 Å². The highest BCUT2D eigenvalue weighted by Crippen LogP contribution is 2.17. The molecule has 1 N–H and O–H groups in total. The number of benzene rings is 1. The summed E-state index contributed by atoms with van der Waals surface area (Å²) in [5.74, 6) is 0.669. The van der Waals surface area contributed by atoms with E-state index in [2.05, 4.69) is 10.3 Å². The van der Waals surface area contributed by atoms with Crippen LogP contribution in [0.3, 0.4) is 0 Å². The van der Waals surface area contributed by atoms with Gasteiger partial charge in [0.15, 0.2) is 0 Å². The Kier molecular flexibility index (Phi) is 4.93. The van der Waals surface area contributed by atoms with Crippen LogP contribution < -0.4 is 5.32 Å². The van der Waals surface area contributed by atoms with E-state index in [0.717, 1.165) is 12.1 Å². The number of nitrogens with one attached hydrogen (secondary N) is 1. The first-order valence-corrected chi connectivity index (χ1v) is 8.18. The molecule has 0 bridgehead atoms. The first-order valence-electron chi connectivity index (χ1n) is 6.74. The van der Waals surface area contributed by atoms with Crippen molar-refractivity contribution in [2.24, 2.45) is 0 Å². The number of hydrogen-bond acceptors (Lipinski definition) is 4. The molecule has 1 aromatic carbocycles. The standard InChI is InChI=1S/C15H19N3O2S/c1-3-16-15-10-9-14(11-17-15)21(19,20)18(2)12-13-7-5-4-6-8-13/h4-11H,3,12H2,1-2H3,(H,16,17). The van der Waals surface area contributed by atoms with Gasteiger partial charge in [0, 0.05) is 26.3 Å². The van der Waals surface area contributed by atoms with Crippen LogP contribution in [0.15, 0.2) is 53.6 Å². The Morgan fingerprint density at radius 3 is 2.43 bits per heavy atom. The maximum atomic E-state index is 12.5. The topological polar surface area (TPSA) is 62.3 Å². The van der Waals surface area contributed by atoms with E-state index in [-0.39, 0.29) is 4.90 Å². The molecule has 0 amide bonds. The molecule has 0 aliphatic carbocycles. The second-order valence-electron chi connectivity index (χ2n) is 4.66. The molecule has 21 heavy (non-hydrogen) atoms. The third-order valence-electron chi connectivity index (χ3n) is 3.05. The zero-order valence-electron chi connectivity index (χ0n) is 12.2. The SMILES string of the molecule is CCNc1ccc(S(=O)(=O)N(C)Cc2ccccc2)cn1. The molecule has 0 unspecified atom stereocenters. The molecule has 0 spiro atoms. The van der Waals surface area contributed by atoms with Crippen molar-refractivity contribution in [1.82, 2.24) is 9.29 Å². The van der Waals surface area contributed by atoms with Gasteiger partial charge in [-0.1, -0.05) is 30.3 Å². The van der Waals surface area contributed by atoms with Gasteiger partial charge >= 0.3 is 0 Å². The van der Waals surface area contributed by atoms with E-state index in [1.54, 1.807) is 19.2 Å². The van der Waals surface area contributed by atoms with Crippen molar-refractivity contribution in [3.8, 4) is 0 Å². The predicted octanol–water partition coefficient (Wildman–Crippen LogP) is 2.33. The number of aromatic nitrogens is 1. The third kappa shape index (κ3) is 3.80. The molecule has 0 atom stereocenters. The minimum atomic E-state index is -3.53. The molecular weight excluding hydrogens is 286 g/mol. The maximum Gasteiger partial charge on any atom is 0.244 e. The second kappa shape index (κ2) is 6.69. The van der Waals surface area contributed by atoms with Crippen LogP contribution in [0.25, 0.3) is 0 Å². The number of hydrogen-bond donors (Lipinski definition) is 1. The molecule has 1 aromatic heterocycles. The Hall–Kier alpha value is -1.92. The zero-order valence-corrected chi connectivity index (χ0v) is 13.0. The second-order valence-corrected chi connectivity index (χ2v) is 6.70. The van der Waals surface area contributed by atoms with Gasteiger partial charge < -0.3 is 5.32 Å². The fraction of sp³-hybridized carbons (Fsp3) is 0.267. The van der Waals surface area contributed by atoms with Gasteiger partial charge in [0.25, 0.3) is 0 Å². The van der Waals surface area contributed by atoms with Crippen LogP contribution in [0.1, 0.15) is 12.5 Å². The van der Waals surface area contributed by atoms with Crippen molar-refractivity contribution in [1.29, 1.82) is 0 Å². The zero-order chi connectivity index (χ0) is 15.3. The largest absolute Gasteiger partial charge is 0.370 e. The summed E-state index contributed by atoms with van der Waals surface area (Å²) in [6.07, 6.45) is 1.38. The molecule has 0 radical (unpaired) electrons. The van der Waals surface area contributed by atoms with Gasteiger partial charge in [-0.05, 0) is 24.6 Å². The monoisotopic (exact) mass is 305 g/mol. The number of pyridine rings is 1. The van der Waals surface area contributed by atoms with Crippen molar-refractivity contribution in [3.05, 3.63) is 54.2 Å². The fourth-order valence-corrected chi connectivity index (χ4v) is 3.03. The lowest BCUT2D eigenvalue weighted by Crippen LogP contribution is -2.26. The minimum absolute atomic E-state index is 0.197. The van der Waals surface area contributed by atoms with Crippen LogP contribution in [0.5, 0.6) is 0 Å². The van der Waals surface area contributed by atoms with Crippen molar-refractivity contribution < 1.29 is 8.42 Å². The third-order valence-corrected chi connectivity index (χ3v) is 4.84. The lowest BCUT2D eigenvalue weighted by molar-refractivity contribution is 0.466. The normalized spacial score (nSPS) is 11.6. The van der Waals surface area contributed by atoms with Crippen molar-refractivity contribution in [2.75, 3.05) is 18.9 Å². The Morgan fingerprint density at radius 1 is 1.14 bits per heavy atom. The van der Waals surface area contributed by atoms with E-state index in [4.69, 9.17) is 0 Å². The Morgan fingerprint density at radius 2 is 1.86 bits per heavy atom. The average Bonchev–Trinajstić information content (AvgIpc) is 2.49. The lowest BCUT2D eigenvalue weighted by atomic mass is 10.2. The smallest absolute Gasteiger partial charge is 0.244 e. The molecule has 6 heteroatoms. The van der Waals surface area contributed by atoms with Gasteiger partial charge in [-0.15, -0.1) is 0 Å². The Labute approximate surface area is 125 Å². The molecule has 0 aliphatic heterocycles. The minimum Gasteiger partial charge on any atom is -0.370 e. The highest BCUT2D eigenvalue weighted by molar-refractivity contribution is 7.89. The number of rotatable bonds is 6. The molecular formula is C15H19N3O2S. The molecule has 112 valence electrons. The number of anilines is 1. The van der Waals surface area contributed by atoms with E-state index in [9.17, 15) is 8.42 Å². The van der Waals surface area contributed by atoms with E-state index < -0.39 is 10.0 Å². The van der Waals surface area contributed by atoms with Gasteiger partial charge in [0.2, 0.25) is 10.0 Å². The molecule has 2 rings (SSSR count). The first kappa shape index (κ1) is 15.5. The number of sulfonamides is 1. The summed E-state index contributed by atoms with van der Waals surface area (Å²) in [4.78, 5) is 4.30. The van der Waals surface area contributed by atoms with Crippen LogP contribution in [-0.2, 0) is 16.6 Å². The van der Waals surface area contributed by atoms with Crippen molar-refractivity contribution >= 4 is 15.8 Å². The maximum absolute atomic E-state index is 12.5. The van der Waals surface area contributed by atoms with Crippen LogP contribution in [0, 0.1) is 0 Å². The summed E-state index contributed by atoms with van der Waals surface area (Å²) in [7, 11) is -1.96. The van der Waals surface area contributed by atoms with Gasteiger partial charge in [-0.25, -0.2) is 13.4 Å². The molecule has 0 aliphatic rings. The molecule has 0 saturated carbocycles. The summed E-state index contributed by atoms with van der Waals surface area (Å²) < 4.78 is 26.3. The van der Waals surface area contributed by atoms with Crippen molar-refractivity contribution in [3.63, 3.8) is 0 Å². The fourth-order valence-electron chi connectivity index (χ4n) is 1.92. The van der Waals surface area contributed by atoms with Gasteiger partial charge in [0.1, 0.15) is 10.7 Å². The highest BCUT2D eigenvalue weighted by Gasteiger charge is 2.21. The van der Waals surface area contributed by atoms with Crippen LogP contribution >= 0.6 is 0 Å². The lowest BCUT2D eigenvalue weighted by Gasteiger charge is -2.17. The summed E-state index contributed by atoms with van der Waals surface area (Å²) in [5, 5.41) is 3.04. The average molecular weight is 305 g/mol. The molecule has 2 aromatic rings. The van der Waals surface area contributed by atoms with E-state index in [1.165, 1.54) is 10.5 Å². The Bertz CT molecular complexity index is 670. The van der Waals surface area contributed by atoms with Crippen LogP contribution in [-0.4, -0.2) is 31.3 Å². The summed E-state index contributed by atoms with van der Waals surface area (Å²) in [6, 6.07) is 12.7. The molecule has 1 heterocycles. The quantitative estimate of drug-likeness (QED) is 0.890. The molecule has 0 saturated heterocycles. The van der Waals surface area contributed by atoms with Gasteiger partial charge in [-0.3, -0.25) is 0 Å². The summed E-state index contributed by atoms with van der Waals surface area (Å²) in [5.41, 5.74) is 0.945. The van der Waals surface area contributed by atoms with Gasteiger partial charge in [0.05, 0.1) is 0 Å². The summed E-state index contributed by atoms with van der Waals surface area (Å²) in [6.45, 7) is 3.03. The predicted molar refractivity (Wildman–Crippen MR) is 83.5 cm³/mol. The van der Waals surface area contributed by atoms with Crippen LogP contribution in [0.2, 0.25) is 0 Å². The Balaban J connectivity index is 2.16. The van der Waals surface area contributed by atoms with Gasteiger partial charge in [-0.2, -0.15) is 4.31 Å². The van der Waals surface area contributed by atoms with Crippen molar-refractivity contribution in [2.45, 2.75) is 18.4 Å². The molecule has 0 fully saturated rings. The first-order chi connectivity index (χ1) is 10.0.